The number of piperidine rings is 1. The van der Waals surface area contributed by atoms with E-state index in [1.165, 1.54) is 6.07 Å². The largest absolute Gasteiger partial charge is 0.369 e. The molecule has 1 aliphatic heterocycles. The van der Waals surface area contributed by atoms with E-state index in [2.05, 4.69) is 11.8 Å². The number of hydrogen-bond acceptors (Lipinski definition) is 2. The highest BCUT2D eigenvalue weighted by Crippen LogP contribution is 2.24. The van der Waals surface area contributed by atoms with Crippen molar-refractivity contribution in [2.75, 3.05) is 11.4 Å². The molecule has 2 unspecified atom stereocenters. The summed E-state index contributed by atoms with van der Waals surface area (Å²) in [7, 11) is 0. The molecule has 0 aromatic heterocycles. The van der Waals surface area contributed by atoms with Crippen LogP contribution in [0.25, 0.3) is 0 Å². The van der Waals surface area contributed by atoms with E-state index >= 15 is 0 Å². The normalized spacial score (nSPS) is 26.7. The zero-order valence-corrected chi connectivity index (χ0v) is 8.99. The van der Waals surface area contributed by atoms with Crippen LogP contribution < -0.4 is 10.6 Å². The van der Waals surface area contributed by atoms with Crippen molar-refractivity contribution >= 4 is 5.69 Å². The highest BCUT2D eigenvalue weighted by atomic mass is 19.1. The van der Waals surface area contributed by atoms with E-state index < -0.39 is 0 Å². The molecule has 2 rings (SSSR count). The van der Waals surface area contributed by atoms with Crippen molar-refractivity contribution in [1.82, 2.24) is 0 Å². The first kappa shape index (κ1) is 10.4. The number of nitrogens with zero attached hydrogens (tertiary/aromatic N) is 1. The van der Waals surface area contributed by atoms with Gasteiger partial charge in [0, 0.05) is 24.3 Å². The van der Waals surface area contributed by atoms with Gasteiger partial charge in [0.15, 0.2) is 0 Å². The first-order chi connectivity index (χ1) is 7.16. The molecule has 0 amide bonds. The summed E-state index contributed by atoms with van der Waals surface area (Å²) in [5, 5.41) is 0. The van der Waals surface area contributed by atoms with Gasteiger partial charge in [-0.1, -0.05) is 6.07 Å². The summed E-state index contributed by atoms with van der Waals surface area (Å²) in [6.45, 7) is 3.07. The molecule has 2 atom stereocenters. The van der Waals surface area contributed by atoms with Gasteiger partial charge < -0.3 is 10.6 Å². The topological polar surface area (TPSA) is 29.3 Å². The molecule has 1 saturated heterocycles. The van der Waals surface area contributed by atoms with Crippen LogP contribution in [0.5, 0.6) is 0 Å². The lowest BCUT2D eigenvalue weighted by atomic mass is 9.98. The average Bonchev–Trinajstić information content (AvgIpc) is 2.17. The summed E-state index contributed by atoms with van der Waals surface area (Å²) >= 11 is 0. The van der Waals surface area contributed by atoms with Gasteiger partial charge in [0.05, 0.1) is 0 Å². The molecular weight excluding hydrogens is 191 g/mol. The number of nitrogens with two attached hydrogens (primary N) is 1. The van der Waals surface area contributed by atoms with Gasteiger partial charge in [0.1, 0.15) is 5.82 Å². The third-order valence-electron chi connectivity index (χ3n) is 3.06. The first-order valence-electron chi connectivity index (χ1n) is 5.44. The minimum absolute atomic E-state index is 0.172. The molecule has 0 saturated carbocycles. The molecule has 3 heteroatoms. The van der Waals surface area contributed by atoms with E-state index in [0.717, 1.165) is 25.1 Å². The Kier molecular flexibility index (Phi) is 2.91. The fourth-order valence-corrected chi connectivity index (χ4v) is 2.25. The predicted octanol–water partition coefficient (Wildman–Crippen LogP) is 2.14. The summed E-state index contributed by atoms with van der Waals surface area (Å²) in [6.07, 6.45) is 1.97. The number of rotatable bonds is 1. The van der Waals surface area contributed by atoms with Crippen LogP contribution in [0.15, 0.2) is 24.3 Å². The monoisotopic (exact) mass is 208 g/mol. The molecule has 1 aliphatic rings. The van der Waals surface area contributed by atoms with E-state index in [4.69, 9.17) is 5.73 Å². The van der Waals surface area contributed by atoms with Crippen LogP contribution in [0.1, 0.15) is 19.8 Å². The van der Waals surface area contributed by atoms with E-state index in [9.17, 15) is 4.39 Å². The van der Waals surface area contributed by atoms with Gasteiger partial charge in [-0.15, -0.1) is 0 Å². The van der Waals surface area contributed by atoms with Gasteiger partial charge in [-0.25, -0.2) is 4.39 Å². The number of anilines is 1. The molecule has 0 bridgehead atoms. The van der Waals surface area contributed by atoms with Crippen LogP contribution in [-0.4, -0.2) is 18.6 Å². The molecule has 2 nitrogen and oxygen atoms in total. The molecule has 2 N–H and O–H groups in total. The standard InChI is InChI=1S/C12H17FN2/c1-9-7-11(14)5-6-15(9)12-4-2-3-10(13)8-12/h2-4,8-9,11H,5-7,14H2,1H3. The maximum absolute atomic E-state index is 13.1. The second-order valence-corrected chi connectivity index (χ2v) is 4.31. The minimum atomic E-state index is -0.172. The molecule has 15 heavy (non-hydrogen) atoms. The third kappa shape index (κ3) is 2.29. The average molecular weight is 208 g/mol. The highest BCUT2D eigenvalue weighted by molar-refractivity contribution is 5.47. The fraction of sp³-hybridized carbons (Fsp3) is 0.500. The van der Waals surface area contributed by atoms with Crippen molar-refractivity contribution in [3.05, 3.63) is 30.1 Å². The first-order valence-corrected chi connectivity index (χ1v) is 5.44. The second kappa shape index (κ2) is 4.19. The summed E-state index contributed by atoms with van der Waals surface area (Å²) in [5.74, 6) is -0.172. The second-order valence-electron chi connectivity index (χ2n) is 4.31. The molecule has 1 aromatic carbocycles. The van der Waals surface area contributed by atoms with Crippen molar-refractivity contribution < 1.29 is 4.39 Å². The quantitative estimate of drug-likeness (QED) is 0.766. The number of halogens is 1. The van der Waals surface area contributed by atoms with Gasteiger partial charge in [-0.05, 0) is 38.0 Å². The van der Waals surface area contributed by atoms with Gasteiger partial charge >= 0.3 is 0 Å². The molecular formula is C12H17FN2. The summed E-state index contributed by atoms with van der Waals surface area (Å²) in [4.78, 5) is 2.23. The Morgan fingerprint density at radius 1 is 1.47 bits per heavy atom. The van der Waals surface area contributed by atoms with Crippen LogP contribution in [-0.2, 0) is 0 Å². The third-order valence-corrected chi connectivity index (χ3v) is 3.06. The van der Waals surface area contributed by atoms with E-state index in [0.29, 0.717) is 12.1 Å². The van der Waals surface area contributed by atoms with Gasteiger partial charge in [0.2, 0.25) is 0 Å². The summed E-state index contributed by atoms with van der Waals surface area (Å²) in [5.41, 5.74) is 6.86. The lowest BCUT2D eigenvalue weighted by Gasteiger charge is -2.38. The van der Waals surface area contributed by atoms with Gasteiger partial charge in [-0.2, -0.15) is 0 Å². The smallest absolute Gasteiger partial charge is 0.125 e. The van der Waals surface area contributed by atoms with Crippen molar-refractivity contribution in [2.45, 2.75) is 31.8 Å². The predicted molar refractivity (Wildman–Crippen MR) is 60.4 cm³/mol. The number of hydrogen-bond donors (Lipinski definition) is 1. The van der Waals surface area contributed by atoms with Crippen LogP contribution >= 0.6 is 0 Å². The molecule has 0 spiro atoms. The minimum Gasteiger partial charge on any atom is -0.369 e. The Balaban J connectivity index is 2.17. The molecule has 0 aliphatic carbocycles. The van der Waals surface area contributed by atoms with E-state index in [1.54, 1.807) is 12.1 Å². The maximum atomic E-state index is 13.1. The van der Waals surface area contributed by atoms with E-state index in [-0.39, 0.29) is 5.82 Å². The molecule has 0 radical (unpaired) electrons. The highest BCUT2D eigenvalue weighted by Gasteiger charge is 2.23. The van der Waals surface area contributed by atoms with E-state index in [1.807, 2.05) is 6.07 Å². The fourth-order valence-electron chi connectivity index (χ4n) is 2.25. The summed E-state index contributed by atoms with van der Waals surface area (Å²) < 4.78 is 13.1. The van der Waals surface area contributed by atoms with Crippen molar-refractivity contribution in [3.8, 4) is 0 Å². The van der Waals surface area contributed by atoms with Crippen LogP contribution in [0.4, 0.5) is 10.1 Å². The van der Waals surface area contributed by atoms with Crippen LogP contribution in [0, 0.1) is 5.82 Å². The maximum Gasteiger partial charge on any atom is 0.125 e. The Morgan fingerprint density at radius 3 is 2.93 bits per heavy atom. The van der Waals surface area contributed by atoms with Crippen molar-refractivity contribution in [1.29, 1.82) is 0 Å². The zero-order chi connectivity index (χ0) is 10.8. The van der Waals surface area contributed by atoms with Crippen molar-refractivity contribution in [3.63, 3.8) is 0 Å². The Bertz CT molecular complexity index is 340. The lowest BCUT2D eigenvalue weighted by molar-refractivity contribution is 0.429. The SMILES string of the molecule is CC1CC(N)CCN1c1cccc(F)c1. The molecule has 1 aromatic rings. The van der Waals surface area contributed by atoms with Gasteiger partial charge in [0.25, 0.3) is 0 Å². The Morgan fingerprint density at radius 2 is 2.27 bits per heavy atom. The van der Waals surface area contributed by atoms with Crippen LogP contribution in [0.3, 0.4) is 0 Å². The van der Waals surface area contributed by atoms with Gasteiger partial charge in [-0.3, -0.25) is 0 Å². The number of benzene rings is 1. The zero-order valence-electron chi connectivity index (χ0n) is 8.99. The summed E-state index contributed by atoms with van der Waals surface area (Å²) in [6, 6.07) is 7.47. The molecule has 1 heterocycles. The molecule has 82 valence electrons. The van der Waals surface area contributed by atoms with Crippen LogP contribution in [0.2, 0.25) is 0 Å². The van der Waals surface area contributed by atoms with Crippen molar-refractivity contribution in [2.24, 2.45) is 5.73 Å². The molecule has 1 fully saturated rings. The lowest BCUT2D eigenvalue weighted by Crippen LogP contribution is -2.45. The Labute approximate surface area is 89.9 Å². The Hall–Kier alpha value is -1.09.